The van der Waals surface area contributed by atoms with E-state index in [2.05, 4.69) is 9.98 Å². The van der Waals surface area contributed by atoms with Gasteiger partial charge in [-0.2, -0.15) is 13.8 Å². The first kappa shape index (κ1) is 31.0. The summed E-state index contributed by atoms with van der Waals surface area (Å²) in [5.41, 5.74) is 6.41. The Labute approximate surface area is 247 Å². The topological polar surface area (TPSA) is 153 Å². The van der Waals surface area contributed by atoms with Gasteiger partial charge in [0.05, 0.1) is 13.2 Å². The van der Waals surface area contributed by atoms with Gasteiger partial charge in [-0.25, -0.2) is 4.79 Å². The second-order valence-electron chi connectivity index (χ2n) is 9.81. The van der Waals surface area contributed by atoms with Crippen molar-refractivity contribution in [1.29, 1.82) is 5.41 Å². The van der Waals surface area contributed by atoms with Crippen LogP contribution in [0.4, 0.5) is 8.78 Å². The van der Waals surface area contributed by atoms with Gasteiger partial charge >= 0.3 is 5.97 Å². The largest absolute Gasteiger partial charge is 0.504 e. The van der Waals surface area contributed by atoms with Crippen molar-refractivity contribution in [3.63, 3.8) is 0 Å². The summed E-state index contributed by atoms with van der Waals surface area (Å²) in [6.07, 6.45) is -0.938. The van der Waals surface area contributed by atoms with Gasteiger partial charge in [0.15, 0.2) is 17.6 Å². The second kappa shape index (κ2) is 13.4. The zero-order valence-electron chi connectivity index (χ0n) is 24.2. The number of hydrogen-bond acceptors (Lipinski definition) is 10. The molecule has 13 heteroatoms. The molecule has 1 aromatic heterocycles. The molecule has 0 bridgehead atoms. The summed E-state index contributed by atoms with van der Waals surface area (Å²) in [6, 6.07) is 10.4. The van der Waals surface area contributed by atoms with Gasteiger partial charge < -0.3 is 34.7 Å². The summed E-state index contributed by atoms with van der Waals surface area (Å²) in [7, 11) is 1.89. The molecule has 0 spiro atoms. The van der Waals surface area contributed by atoms with Gasteiger partial charge in [-0.3, -0.25) is 10.4 Å². The predicted molar refractivity (Wildman–Crippen MR) is 154 cm³/mol. The first-order valence-electron chi connectivity index (χ1n) is 13.6. The summed E-state index contributed by atoms with van der Waals surface area (Å²) in [5.74, 6) is -6.78. The molecule has 0 saturated heterocycles. The Kier molecular flexibility index (Phi) is 9.63. The van der Waals surface area contributed by atoms with Crippen molar-refractivity contribution < 1.29 is 37.6 Å². The molecule has 3 aromatic rings. The van der Waals surface area contributed by atoms with Gasteiger partial charge in [0.1, 0.15) is 17.4 Å². The van der Waals surface area contributed by atoms with Crippen LogP contribution in [-0.2, 0) is 9.53 Å². The zero-order chi connectivity index (χ0) is 31.3. The Hall–Kier alpha value is -4.94. The van der Waals surface area contributed by atoms with Crippen molar-refractivity contribution in [1.82, 2.24) is 9.88 Å². The molecular formula is C30H33F2N5O6. The lowest BCUT2D eigenvalue weighted by molar-refractivity contribution is -0.154. The predicted octanol–water partition coefficient (Wildman–Crippen LogP) is 4.98. The SMILES string of the molecule is CCOC(=O)C(Oc1c(F)c(Oc2cccc(C3=NCCN3C)c2)nc(Oc2cc(C(=N)N)ccc2O)c1F)C(C)CC. The quantitative estimate of drug-likeness (QED) is 0.149. The van der Waals surface area contributed by atoms with Crippen molar-refractivity contribution in [3.8, 4) is 34.8 Å². The lowest BCUT2D eigenvalue weighted by Gasteiger charge is -2.24. The van der Waals surface area contributed by atoms with E-state index >= 15 is 8.78 Å². The van der Waals surface area contributed by atoms with Gasteiger partial charge in [0, 0.05) is 30.6 Å². The molecule has 2 heterocycles. The van der Waals surface area contributed by atoms with E-state index in [-0.39, 0.29) is 29.5 Å². The van der Waals surface area contributed by atoms with Crippen LogP contribution in [-0.4, -0.2) is 65.5 Å². The van der Waals surface area contributed by atoms with Crippen molar-refractivity contribution in [2.45, 2.75) is 33.3 Å². The number of amidine groups is 2. The highest BCUT2D eigenvalue weighted by molar-refractivity contribution is 6.00. The van der Waals surface area contributed by atoms with Crippen LogP contribution in [0.1, 0.15) is 38.3 Å². The molecule has 2 atom stereocenters. The minimum Gasteiger partial charge on any atom is -0.504 e. The highest BCUT2D eigenvalue weighted by Gasteiger charge is 2.33. The average Bonchev–Trinajstić information content (AvgIpc) is 3.42. The molecule has 4 rings (SSSR count). The van der Waals surface area contributed by atoms with Crippen LogP contribution >= 0.6 is 0 Å². The number of phenolic OH excluding ortho intramolecular Hbond substituents is 1. The molecule has 0 amide bonds. The number of nitrogen functional groups attached to an aromatic ring is 1. The molecule has 2 unspecified atom stereocenters. The Morgan fingerprint density at radius 3 is 2.49 bits per heavy atom. The fraction of sp³-hybridized carbons (Fsp3) is 0.333. The fourth-order valence-corrected chi connectivity index (χ4v) is 4.20. The minimum absolute atomic E-state index is 0.0295. The number of ether oxygens (including phenoxy) is 4. The van der Waals surface area contributed by atoms with E-state index in [1.165, 1.54) is 18.2 Å². The van der Waals surface area contributed by atoms with E-state index in [1.807, 2.05) is 18.0 Å². The van der Waals surface area contributed by atoms with Crippen LogP contribution in [0.2, 0.25) is 0 Å². The number of halogens is 2. The third-order valence-corrected chi connectivity index (χ3v) is 6.74. The standard InChI is InChI=1S/C30H33F2N5O6/c1-5-16(3)24(30(39)40-6-2)43-25-22(31)28(41-19-9-7-8-18(14-19)27-35-12-13-37(27)4)36-29(23(25)32)42-21-15-17(26(33)34)10-11-20(21)38/h7-11,14-16,24,38H,5-6,12-13H2,1-4H3,(H3,33,34). The van der Waals surface area contributed by atoms with Crippen molar-refractivity contribution in [2.24, 2.45) is 16.6 Å². The third-order valence-electron chi connectivity index (χ3n) is 6.74. The van der Waals surface area contributed by atoms with Gasteiger partial charge in [-0.05, 0) is 43.7 Å². The maximum atomic E-state index is 15.9. The third kappa shape index (κ3) is 6.93. The van der Waals surface area contributed by atoms with Gasteiger partial charge in [-0.1, -0.05) is 26.0 Å². The number of nitrogens with one attached hydrogen (secondary N) is 1. The summed E-state index contributed by atoms with van der Waals surface area (Å²) >= 11 is 0. The average molecular weight is 598 g/mol. The summed E-state index contributed by atoms with van der Waals surface area (Å²) in [4.78, 5) is 23.0. The van der Waals surface area contributed by atoms with E-state index in [1.54, 1.807) is 39.0 Å². The lowest BCUT2D eigenvalue weighted by Crippen LogP contribution is -2.36. The van der Waals surface area contributed by atoms with Crippen molar-refractivity contribution in [2.75, 3.05) is 26.7 Å². The molecule has 0 fully saturated rings. The second-order valence-corrected chi connectivity index (χ2v) is 9.81. The highest BCUT2D eigenvalue weighted by atomic mass is 19.1. The molecule has 0 radical (unpaired) electrons. The minimum atomic E-state index is -1.40. The molecule has 2 aromatic carbocycles. The molecule has 0 aliphatic carbocycles. The van der Waals surface area contributed by atoms with Gasteiger partial charge in [0.25, 0.3) is 11.8 Å². The number of esters is 1. The maximum Gasteiger partial charge on any atom is 0.347 e. The van der Waals surface area contributed by atoms with Crippen LogP contribution in [0, 0.1) is 23.0 Å². The number of pyridine rings is 1. The zero-order valence-corrected chi connectivity index (χ0v) is 24.2. The number of carbonyl (C=O) groups is 1. The van der Waals surface area contributed by atoms with E-state index in [0.717, 1.165) is 12.4 Å². The molecule has 1 aliphatic rings. The van der Waals surface area contributed by atoms with E-state index < -0.39 is 52.9 Å². The van der Waals surface area contributed by atoms with Crippen LogP contribution in [0.25, 0.3) is 0 Å². The maximum absolute atomic E-state index is 15.9. The summed E-state index contributed by atoms with van der Waals surface area (Å²) in [5, 5.41) is 18.0. The smallest absolute Gasteiger partial charge is 0.347 e. The van der Waals surface area contributed by atoms with E-state index in [9.17, 15) is 9.90 Å². The van der Waals surface area contributed by atoms with Gasteiger partial charge in [-0.15, -0.1) is 0 Å². The number of nitrogens with zero attached hydrogens (tertiary/aromatic N) is 3. The Morgan fingerprint density at radius 2 is 1.86 bits per heavy atom. The Bertz CT molecular complexity index is 1550. The fourth-order valence-electron chi connectivity index (χ4n) is 4.20. The Morgan fingerprint density at radius 1 is 1.14 bits per heavy atom. The molecule has 4 N–H and O–H groups in total. The lowest BCUT2D eigenvalue weighted by atomic mass is 10.0. The summed E-state index contributed by atoms with van der Waals surface area (Å²) in [6.45, 7) is 6.45. The number of aliphatic imine (C=N–C) groups is 1. The first-order valence-corrected chi connectivity index (χ1v) is 13.6. The van der Waals surface area contributed by atoms with Gasteiger partial charge in [0.2, 0.25) is 17.4 Å². The van der Waals surface area contributed by atoms with Crippen molar-refractivity contribution in [3.05, 3.63) is 65.2 Å². The van der Waals surface area contributed by atoms with E-state index in [0.29, 0.717) is 18.5 Å². The summed E-state index contributed by atoms with van der Waals surface area (Å²) < 4.78 is 53.9. The number of aromatic hydroxyl groups is 1. The normalized spacial score (nSPS) is 14.1. The number of benzene rings is 2. The molecule has 228 valence electrons. The highest BCUT2D eigenvalue weighted by Crippen LogP contribution is 2.40. The van der Waals surface area contributed by atoms with Crippen LogP contribution in [0.5, 0.6) is 34.8 Å². The molecular weight excluding hydrogens is 564 g/mol. The molecule has 1 aliphatic heterocycles. The van der Waals surface area contributed by atoms with Crippen molar-refractivity contribution >= 4 is 17.6 Å². The van der Waals surface area contributed by atoms with E-state index in [4.69, 9.17) is 30.1 Å². The molecule has 11 nitrogen and oxygen atoms in total. The molecule has 0 saturated carbocycles. The first-order chi connectivity index (χ1) is 20.5. The number of hydrogen-bond donors (Lipinski definition) is 3. The Balaban J connectivity index is 1.81. The number of aromatic nitrogens is 1. The monoisotopic (exact) mass is 597 g/mol. The number of rotatable bonds is 12. The number of carbonyl (C=O) groups excluding carboxylic acids is 1. The van der Waals surface area contributed by atoms with Crippen LogP contribution in [0.15, 0.2) is 47.5 Å². The number of nitrogens with two attached hydrogens (primary N) is 1. The number of likely N-dealkylation sites (N-methyl/N-ethyl adjacent to an activating group) is 1. The van der Waals surface area contributed by atoms with Crippen LogP contribution < -0.4 is 19.9 Å². The number of phenols is 1. The van der Waals surface area contributed by atoms with Crippen LogP contribution in [0.3, 0.4) is 0 Å². The molecule has 43 heavy (non-hydrogen) atoms.